The van der Waals surface area contributed by atoms with Crippen molar-refractivity contribution in [2.45, 2.75) is 77.7 Å². The molecule has 2 heterocycles. The number of likely N-dealkylation sites (N-methyl/N-ethyl adjacent to an activating group) is 1. The Morgan fingerprint density at radius 1 is 0.923 bits per heavy atom. The van der Waals surface area contributed by atoms with Crippen LogP contribution in [0.3, 0.4) is 0 Å². The molecule has 0 bridgehead atoms. The quantitative estimate of drug-likeness (QED) is 0.0528. The van der Waals surface area contributed by atoms with Crippen molar-refractivity contribution in [2.75, 3.05) is 31.2 Å². The van der Waals surface area contributed by atoms with Crippen LogP contribution in [-0.4, -0.2) is 86.3 Å². The molecule has 2 atom stereocenters. The number of nitrogens with zero attached hydrogens (tertiary/aromatic N) is 5. The summed E-state index contributed by atoms with van der Waals surface area (Å²) in [5.74, 6) is 0.706. The molecule has 1 aliphatic carbocycles. The largest absolute Gasteiger partial charge is 0.463 e. The van der Waals surface area contributed by atoms with Gasteiger partial charge in [-0.3, -0.25) is 19.1 Å². The molecule has 5 aromatic rings. The first kappa shape index (κ1) is 46.6. The summed E-state index contributed by atoms with van der Waals surface area (Å²) in [6.07, 6.45) is 6.12. The van der Waals surface area contributed by atoms with E-state index in [0.717, 1.165) is 44.2 Å². The van der Waals surface area contributed by atoms with Crippen molar-refractivity contribution < 1.29 is 33.4 Å². The highest BCUT2D eigenvalue weighted by molar-refractivity contribution is 5.98. The van der Waals surface area contributed by atoms with Gasteiger partial charge < -0.3 is 42.2 Å². The number of carbonyl (C=O) groups is 5. The number of amides is 6. The van der Waals surface area contributed by atoms with E-state index >= 15 is 0 Å². The van der Waals surface area contributed by atoms with Gasteiger partial charge in [-0.05, 0) is 54.0 Å². The monoisotopic (exact) mass is 887 g/mol. The third-order valence-electron chi connectivity index (χ3n) is 10.8. The van der Waals surface area contributed by atoms with E-state index in [1.54, 1.807) is 38.1 Å². The molecule has 8 N–H and O–H groups in total. The number of unbranched alkanes of at least 4 members (excludes halogenated alkanes) is 1. The lowest BCUT2D eigenvalue weighted by atomic mass is 10.0. The lowest BCUT2D eigenvalue weighted by Gasteiger charge is -2.32. The van der Waals surface area contributed by atoms with E-state index in [4.69, 9.17) is 27.4 Å². The van der Waals surface area contributed by atoms with E-state index in [2.05, 4.69) is 37.2 Å². The number of primary amides is 1. The molecule has 6 amide bonds. The molecular weight excluding hydrogens is 835 g/mol. The van der Waals surface area contributed by atoms with Gasteiger partial charge in [-0.1, -0.05) is 93.8 Å². The van der Waals surface area contributed by atoms with Crippen LogP contribution in [0.5, 0.6) is 6.01 Å². The topological polar surface area (TPSA) is 260 Å². The first-order chi connectivity index (χ1) is 31.2. The number of urea groups is 1. The number of ether oxygens (including phenoxy) is 2. The fourth-order valence-corrected chi connectivity index (χ4v) is 7.64. The Morgan fingerprint density at radius 2 is 1.58 bits per heavy atom. The zero-order valence-corrected chi connectivity index (χ0v) is 36.6. The maximum atomic E-state index is 14.0. The highest BCUT2D eigenvalue weighted by Gasteiger charge is 2.37. The SMILES string of the molecule is C#CCn1c(=O)n(C(=O)NCc2ccc(NC(=O)[C@H](CCCNC(N)=O)NC(=O)[C@H](C(C)C)N(C)C(=O)OC3c4ccccc4-c4ccccc43)cc2)c2c(N)nc(OCCCC)nc21. The number of nitrogen functional groups attached to an aromatic ring is 1. The number of imidazole rings is 1. The van der Waals surface area contributed by atoms with Crippen LogP contribution in [0.25, 0.3) is 22.3 Å². The smallest absolute Gasteiger partial charge is 0.411 e. The van der Waals surface area contributed by atoms with E-state index in [1.807, 2.05) is 55.5 Å². The highest BCUT2D eigenvalue weighted by atomic mass is 16.6. The molecule has 19 nitrogen and oxygen atoms in total. The van der Waals surface area contributed by atoms with Gasteiger partial charge in [0.25, 0.3) is 0 Å². The molecule has 65 heavy (non-hydrogen) atoms. The van der Waals surface area contributed by atoms with E-state index in [1.165, 1.54) is 11.9 Å². The molecule has 0 saturated carbocycles. The number of nitrogens with two attached hydrogens (primary N) is 2. The number of hydrogen-bond donors (Lipinski definition) is 6. The maximum Gasteiger partial charge on any atom is 0.411 e. The molecule has 6 rings (SSSR count). The number of terminal acetylenes is 1. The summed E-state index contributed by atoms with van der Waals surface area (Å²) in [5, 5.41) is 10.8. The minimum Gasteiger partial charge on any atom is -0.463 e. The number of benzene rings is 3. The van der Waals surface area contributed by atoms with Crippen LogP contribution in [-0.2, 0) is 27.4 Å². The Hall–Kier alpha value is -7.88. The van der Waals surface area contributed by atoms with Crippen molar-refractivity contribution in [3.8, 4) is 29.5 Å². The molecule has 19 heteroatoms. The van der Waals surface area contributed by atoms with Crippen LogP contribution in [0.2, 0.25) is 0 Å². The van der Waals surface area contributed by atoms with E-state index in [9.17, 15) is 28.8 Å². The average molecular weight is 888 g/mol. The Morgan fingerprint density at radius 3 is 2.20 bits per heavy atom. The molecule has 2 aromatic heterocycles. The predicted octanol–water partition coefficient (Wildman–Crippen LogP) is 4.48. The van der Waals surface area contributed by atoms with Crippen LogP contribution in [0.15, 0.2) is 77.6 Å². The fraction of sp³-hybridized carbons (Fsp3) is 0.348. The number of carbonyl (C=O) groups excluding carboxylic acids is 5. The molecule has 1 aliphatic rings. The van der Waals surface area contributed by atoms with Gasteiger partial charge >= 0.3 is 29.9 Å². The molecule has 0 unspecified atom stereocenters. The summed E-state index contributed by atoms with van der Waals surface area (Å²) >= 11 is 0. The second-order valence-corrected chi connectivity index (χ2v) is 15.8. The molecular formula is C46H53N11O8. The fourth-order valence-electron chi connectivity index (χ4n) is 7.64. The Balaban J connectivity index is 1.12. The first-order valence-electron chi connectivity index (χ1n) is 21.2. The number of rotatable bonds is 18. The van der Waals surface area contributed by atoms with Crippen molar-refractivity contribution in [1.29, 1.82) is 0 Å². The number of nitrogens with one attached hydrogen (secondary N) is 4. The summed E-state index contributed by atoms with van der Waals surface area (Å²) in [7, 11) is 1.48. The second kappa shape index (κ2) is 21.0. The molecule has 0 aliphatic heterocycles. The summed E-state index contributed by atoms with van der Waals surface area (Å²) in [6, 6.07) is 18.1. The summed E-state index contributed by atoms with van der Waals surface area (Å²) in [6.45, 7) is 5.83. The average Bonchev–Trinajstić information content (AvgIpc) is 3.75. The van der Waals surface area contributed by atoms with Crippen LogP contribution in [0, 0.1) is 18.3 Å². The summed E-state index contributed by atoms with van der Waals surface area (Å²) in [4.78, 5) is 89.5. The lowest BCUT2D eigenvalue weighted by molar-refractivity contribution is -0.131. The number of hydrogen-bond acceptors (Lipinski definition) is 11. The minimum atomic E-state index is -1.10. The molecule has 0 radical (unpaired) electrons. The van der Waals surface area contributed by atoms with Gasteiger partial charge in [0.15, 0.2) is 17.6 Å². The third kappa shape index (κ3) is 10.7. The maximum absolute atomic E-state index is 14.0. The number of anilines is 2. The third-order valence-corrected chi connectivity index (χ3v) is 10.8. The molecule has 3 aromatic carbocycles. The highest BCUT2D eigenvalue weighted by Crippen LogP contribution is 2.45. The second-order valence-electron chi connectivity index (χ2n) is 15.8. The van der Waals surface area contributed by atoms with Gasteiger partial charge in [0.1, 0.15) is 17.6 Å². The van der Waals surface area contributed by atoms with Crippen LogP contribution in [0.1, 0.15) is 69.2 Å². The summed E-state index contributed by atoms with van der Waals surface area (Å²) in [5.41, 5.74) is 15.3. The molecule has 0 spiro atoms. The van der Waals surface area contributed by atoms with Gasteiger partial charge in [0, 0.05) is 37.0 Å². The summed E-state index contributed by atoms with van der Waals surface area (Å²) < 4.78 is 13.6. The first-order valence-corrected chi connectivity index (χ1v) is 21.2. The zero-order chi connectivity index (χ0) is 46.8. The molecule has 0 fully saturated rings. The van der Waals surface area contributed by atoms with Gasteiger partial charge in [0.2, 0.25) is 11.8 Å². The standard InChI is InChI=1S/C46H53N11O8/c1-6-8-25-64-43-53-38(47)36-39(54-43)56(24-7-2)45(62)57(36)44(61)50-26-28-19-21-29(22-20-28)51-40(58)34(18-13-23-49-42(48)60)52-41(59)35(27(3)4)55(5)46(63)65-37-32-16-11-9-14-30(32)31-15-10-12-17-33(31)37/h2,9-12,14-17,19-22,27,34-35,37H,6,8,13,18,23-26H2,1,3-5H3,(H,50,61)(H,51,58)(H,52,59)(H2,47,53,54)(H3,48,49,60)/t34-,35-/m0/s1. The normalized spacial score (nSPS) is 12.6. The van der Waals surface area contributed by atoms with Gasteiger partial charge in [0.05, 0.1) is 13.2 Å². The predicted molar refractivity (Wildman–Crippen MR) is 243 cm³/mol. The van der Waals surface area contributed by atoms with Crippen molar-refractivity contribution in [1.82, 2.24) is 40.0 Å². The van der Waals surface area contributed by atoms with E-state index in [-0.39, 0.29) is 55.5 Å². The van der Waals surface area contributed by atoms with Crippen LogP contribution in [0.4, 0.5) is 25.9 Å². The van der Waals surface area contributed by atoms with Crippen molar-refractivity contribution >= 4 is 52.6 Å². The van der Waals surface area contributed by atoms with Gasteiger partial charge in [-0.15, -0.1) is 6.42 Å². The molecule has 340 valence electrons. The van der Waals surface area contributed by atoms with Gasteiger partial charge in [-0.25, -0.2) is 23.7 Å². The van der Waals surface area contributed by atoms with Crippen LogP contribution >= 0.6 is 0 Å². The Kier molecular flexibility index (Phi) is 15.1. The Labute approximate surface area is 375 Å². The number of aromatic nitrogens is 4. The Bertz CT molecular complexity index is 2620. The minimum absolute atomic E-state index is 0.0246. The van der Waals surface area contributed by atoms with Crippen molar-refractivity contribution in [3.63, 3.8) is 0 Å². The van der Waals surface area contributed by atoms with Crippen molar-refractivity contribution in [3.05, 3.63) is 100.0 Å². The zero-order valence-electron chi connectivity index (χ0n) is 36.6. The van der Waals surface area contributed by atoms with E-state index < -0.39 is 59.8 Å². The van der Waals surface area contributed by atoms with Gasteiger partial charge in [-0.2, -0.15) is 9.97 Å². The lowest BCUT2D eigenvalue weighted by Crippen LogP contribution is -2.55. The number of fused-ring (bicyclic) bond motifs is 4. The molecule has 0 saturated heterocycles. The van der Waals surface area contributed by atoms with Crippen molar-refractivity contribution in [2.24, 2.45) is 11.7 Å². The van der Waals surface area contributed by atoms with Crippen LogP contribution < -0.4 is 43.2 Å². The van der Waals surface area contributed by atoms with E-state index in [0.29, 0.717) is 17.9 Å².